The van der Waals surface area contributed by atoms with Gasteiger partial charge in [0.1, 0.15) is 6.33 Å². The summed E-state index contributed by atoms with van der Waals surface area (Å²) in [5.41, 5.74) is 2.28. The first-order valence-corrected chi connectivity index (χ1v) is 7.33. The van der Waals surface area contributed by atoms with Crippen molar-refractivity contribution >= 4 is 21.9 Å². The van der Waals surface area contributed by atoms with E-state index in [-0.39, 0.29) is 5.97 Å². The summed E-state index contributed by atoms with van der Waals surface area (Å²) in [5, 5.41) is 4.26. The highest BCUT2D eigenvalue weighted by atomic mass is 79.9. The molecule has 0 unspecified atom stereocenters. The molecule has 1 heterocycles. The highest BCUT2D eigenvalue weighted by Crippen LogP contribution is 2.22. The maximum absolute atomic E-state index is 11.5. The van der Waals surface area contributed by atoms with E-state index in [9.17, 15) is 4.79 Å². The number of ether oxygens (including phenoxy) is 1. The van der Waals surface area contributed by atoms with Gasteiger partial charge in [-0.25, -0.2) is 14.5 Å². The van der Waals surface area contributed by atoms with Crippen LogP contribution in [0.1, 0.15) is 10.4 Å². The lowest BCUT2D eigenvalue weighted by atomic mass is 10.2. The Labute approximate surface area is 135 Å². The summed E-state index contributed by atoms with van der Waals surface area (Å²) < 4.78 is 7.42. The Hall–Kier alpha value is -2.47. The molecule has 110 valence electrons. The van der Waals surface area contributed by atoms with Gasteiger partial charge in [0.05, 0.1) is 18.4 Å². The van der Waals surface area contributed by atoms with Crippen molar-refractivity contribution in [2.45, 2.75) is 0 Å². The van der Waals surface area contributed by atoms with E-state index in [0.29, 0.717) is 5.56 Å². The van der Waals surface area contributed by atoms with Crippen LogP contribution in [0.2, 0.25) is 0 Å². The van der Waals surface area contributed by atoms with Gasteiger partial charge in [0.15, 0.2) is 5.82 Å². The van der Waals surface area contributed by atoms with E-state index in [1.807, 2.05) is 36.4 Å². The molecule has 0 aliphatic heterocycles. The molecule has 22 heavy (non-hydrogen) atoms. The molecule has 0 N–H and O–H groups in total. The molecule has 0 aliphatic carbocycles. The molecule has 6 heteroatoms. The minimum absolute atomic E-state index is 0.363. The Balaban J connectivity index is 1.98. The van der Waals surface area contributed by atoms with Gasteiger partial charge < -0.3 is 4.74 Å². The number of methoxy groups -OCH3 is 1. The van der Waals surface area contributed by atoms with E-state index in [2.05, 4.69) is 26.0 Å². The summed E-state index contributed by atoms with van der Waals surface area (Å²) in [7, 11) is 1.36. The van der Waals surface area contributed by atoms with Gasteiger partial charge in [-0.2, -0.15) is 5.10 Å². The minimum atomic E-state index is -0.363. The lowest BCUT2D eigenvalue weighted by Gasteiger charge is -2.07. The van der Waals surface area contributed by atoms with Gasteiger partial charge in [-0.1, -0.05) is 28.1 Å². The maximum Gasteiger partial charge on any atom is 0.337 e. The highest BCUT2D eigenvalue weighted by Gasteiger charge is 2.10. The van der Waals surface area contributed by atoms with Crippen LogP contribution in [0, 0.1) is 0 Å². The predicted octanol–water partition coefficient (Wildman–Crippen LogP) is 3.48. The van der Waals surface area contributed by atoms with Gasteiger partial charge in [0.2, 0.25) is 0 Å². The molecule has 2 aromatic carbocycles. The number of carbonyl (C=O) groups is 1. The summed E-state index contributed by atoms with van der Waals surface area (Å²) in [5.74, 6) is 0.372. The third-order valence-electron chi connectivity index (χ3n) is 3.18. The molecule has 0 saturated heterocycles. The summed E-state index contributed by atoms with van der Waals surface area (Å²) in [6, 6.07) is 14.9. The summed E-state index contributed by atoms with van der Waals surface area (Å²) >= 11 is 3.41. The predicted molar refractivity (Wildman–Crippen MR) is 85.8 cm³/mol. The van der Waals surface area contributed by atoms with Crippen molar-refractivity contribution in [1.29, 1.82) is 0 Å². The van der Waals surface area contributed by atoms with Crippen molar-refractivity contribution in [3.63, 3.8) is 0 Å². The molecule has 3 aromatic rings. The minimum Gasteiger partial charge on any atom is -0.465 e. The van der Waals surface area contributed by atoms with Gasteiger partial charge >= 0.3 is 5.97 Å². The van der Waals surface area contributed by atoms with Crippen LogP contribution in [0.3, 0.4) is 0 Å². The van der Waals surface area contributed by atoms with Crippen LogP contribution < -0.4 is 0 Å². The zero-order valence-electron chi connectivity index (χ0n) is 11.7. The number of esters is 1. The number of aromatic nitrogens is 3. The second-order valence-electron chi connectivity index (χ2n) is 4.54. The first-order chi connectivity index (χ1) is 10.7. The van der Waals surface area contributed by atoms with Crippen LogP contribution in [0.4, 0.5) is 0 Å². The number of halogens is 1. The van der Waals surface area contributed by atoms with E-state index in [1.54, 1.807) is 16.8 Å². The molecular formula is C16H12BrN3O2. The van der Waals surface area contributed by atoms with Crippen molar-refractivity contribution in [2.75, 3.05) is 7.11 Å². The van der Waals surface area contributed by atoms with Crippen LogP contribution >= 0.6 is 15.9 Å². The zero-order valence-corrected chi connectivity index (χ0v) is 13.3. The molecule has 0 radical (unpaired) electrons. The van der Waals surface area contributed by atoms with Gasteiger partial charge in [-0.3, -0.25) is 0 Å². The number of nitrogens with zero attached hydrogens (tertiary/aromatic N) is 3. The Morgan fingerprint density at radius 1 is 1.09 bits per heavy atom. The fourth-order valence-corrected chi connectivity index (χ4v) is 2.35. The molecule has 0 saturated carbocycles. The first-order valence-electron chi connectivity index (χ1n) is 6.54. The van der Waals surface area contributed by atoms with E-state index >= 15 is 0 Å². The number of benzene rings is 2. The molecule has 0 spiro atoms. The Morgan fingerprint density at radius 3 is 2.41 bits per heavy atom. The lowest BCUT2D eigenvalue weighted by Crippen LogP contribution is -2.03. The monoisotopic (exact) mass is 357 g/mol. The molecule has 0 aliphatic rings. The smallest absolute Gasteiger partial charge is 0.337 e. The molecule has 0 amide bonds. The molecule has 0 fully saturated rings. The second-order valence-corrected chi connectivity index (χ2v) is 5.46. The summed E-state index contributed by atoms with van der Waals surface area (Å²) in [6.07, 6.45) is 1.51. The Kier molecular flexibility index (Phi) is 4.02. The van der Waals surface area contributed by atoms with E-state index in [4.69, 9.17) is 4.74 Å². The van der Waals surface area contributed by atoms with Crippen LogP contribution in [0.25, 0.3) is 17.1 Å². The first kappa shape index (κ1) is 14.5. The summed E-state index contributed by atoms with van der Waals surface area (Å²) in [6.45, 7) is 0. The fourth-order valence-electron chi connectivity index (χ4n) is 2.08. The molecule has 5 nitrogen and oxygen atoms in total. The van der Waals surface area contributed by atoms with Crippen molar-refractivity contribution in [2.24, 2.45) is 0 Å². The molecule has 3 rings (SSSR count). The third-order valence-corrected chi connectivity index (χ3v) is 3.71. The highest BCUT2D eigenvalue weighted by molar-refractivity contribution is 9.10. The largest absolute Gasteiger partial charge is 0.465 e. The lowest BCUT2D eigenvalue weighted by molar-refractivity contribution is 0.0601. The Bertz CT molecular complexity index is 795. The van der Waals surface area contributed by atoms with Crippen molar-refractivity contribution in [1.82, 2.24) is 14.8 Å². The molecule has 1 aromatic heterocycles. The quantitative estimate of drug-likeness (QED) is 0.673. The van der Waals surface area contributed by atoms with Crippen molar-refractivity contribution in [3.05, 3.63) is 64.9 Å². The third kappa shape index (κ3) is 2.78. The number of hydrogen-bond donors (Lipinski definition) is 0. The van der Waals surface area contributed by atoms with Crippen LogP contribution in [0.15, 0.2) is 59.3 Å². The van der Waals surface area contributed by atoms with Gasteiger partial charge in [-0.05, 0) is 36.4 Å². The van der Waals surface area contributed by atoms with E-state index in [1.165, 1.54) is 13.4 Å². The topological polar surface area (TPSA) is 57.0 Å². The van der Waals surface area contributed by atoms with Crippen molar-refractivity contribution in [3.8, 4) is 17.1 Å². The fraction of sp³-hybridized carbons (Fsp3) is 0.0625. The SMILES string of the molecule is COC(=O)c1ccc(-n2ncnc2-c2ccc(Br)cc2)cc1. The number of hydrogen-bond acceptors (Lipinski definition) is 4. The van der Waals surface area contributed by atoms with Crippen molar-refractivity contribution < 1.29 is 9.53 Å². The normalized spacial score (nSPS) is 10.5. The van der Waals surface area contributed by atoms with Crippen LogP contribution in [0.5, 0.6) is 0 Å². The summed E-state index contributed by atoms with van der Waals surface area (Å²) in [4.78, 5) is 15.8. The van der Waals surface area contributed by atoms with Gasteiger partial charge in [0, 0.05) is 10.0 Å². The average molecular weight is 358 g/mol. The van der Waals surface area contributed by atoms with Crippen LogP contribution in [-0.4, -0.2) is 27.8 Å². The zero-order chi connectivity index (χ0) is 15.5. The maximum atomic E-state index is 11.5. The Morgan fingerprint density at radius 2 is 1.77 bits per heavy atom. The number of carbonyl (C=O) groups excluding carboxylic acids is 1. The number of rotatable bonds is 3. The van der Waals surface area contributed by atoms with E-state index < -0.39 is 0 Å². The van der Waals surface area contributed by atoms with Gasteiger partial charge in [-0.15, -0.1) is 0 Å². The molecule has 0 atom stereocenters. The van der Waals surface area contributed by atoms with Crippen LogP contribution in [-0.2, 0) is 4.74 Å². The van der Waals surface area contributed by atoms with E-state index in [0.717, 1.165) is 21.5 Å². The standard InChI is InChI=1S/C16H12BrN3O2/c1-22-16(21)12-4-8-14(9-5-12)20-15(18-10-19-20)11-2-6-13(17)7-3-11/h2-10H,1H3. The molecule has 0 bridgehead atoms. The molecular weight excluding hydrogens is 346 g/mol. The average Bonchev–Trinajstić information content (AvgIpc) is 3.04. The van der Waals surface area contributed by atoms with Gasteiger partial charge in [0.25, 0.3) is 0 Å². The second kappa shape index (κ2) is 6.11.